The van der Waals surface area contributed by atoms with E-state index in [0.29, 0.717) is 17.9 Å². The Labute approximate surface area is 165 Å². The van der Waals surface area contributed by atoms with Gasteiger partial charge in [0, 0.05) is 43.5 Å². The van der Waals surface area contributed by atoms with Crippen molar-refractivity contribution in [3.8, 4) is 11.5 Å². The first-order valence-electron chi connectivity index (χ1n) is 9.75. The Morgan fingerprint density at radius 3 is 2.96 bits per heavy atom. The Morgan fingerprint density at radius 2 is 2.14 bits per heavy atom. The molecular formula is C21H26N4O3. The van der Waals surface area contributed by atoms with E-state index in [4.69, 9.17) is 14.5 Å². The van der Waals surface area contributed by atoms with Crippen LogP contribution in [0.25, 0.3) is 0 Å². The van der Waals surface area contributed by atoms with Gasteiger partial charge in [-0.2, -0.15) is 0 Å². The third kappa shape index (κ3) is 3.67. The molecule has 1 fully saturated rings. The number of carbonyl (C=O) groups is 1. The van der Waals surface area contributed by atoms with Crippen LogP contribution in [0.3, 0.4) is 0 Å². The Morgan fingerprint density at radius 1 is 1.29 bits per heavy atom. The first-order chi connectivity index (χ1) is 13.7. The molecule has 0 spiro atoms. The van der Waals surface area contributed by atoms with Gasteiger partial charge in [0.25, 0.3) is 0 Å². The van der Waals surface area contributed by atoms with Gasteiger partial charge in [-0.3, -0.25) is 4.79 Å². The fourth-order valence-corrected chi connectivity index (χ4v) is 4.01. The minimum absolute atomic E-state index is 0.0344. The fourth-order valence-electron chi connectivity index (χ4n) is 4.01. The summed E-state index contributed by atoms with van der Waals surface area (Å²) in [4.78, 5) is 24.3. The molecule has 1 amide bonds. The summed E-state index contributed by atoms with van der Waals surface area (Å²) in [5, 5.41) is 3.34. The average Bonchev–Trinajstić information content (AvgIpc) is 3.23. The van der Waals surface area contributed by atoms with Gasteiger partial charge in [0.15, 0.2) is 17.3 Å². The number of methoxy groups -OCH3 is 2. The van der Waals surface area contributed by atoms with Crippen molar-refractivity contribution >= 4 is 5.91 Å². The molecule has 1 N–H and O–H groups in total. The molecule has 4 rings (SSSR count). The van der Waals surface area contributed by atoms with E-state index in [1.807, 2.05) is 29.3 Å². The zero-order valence-corrected chi connectivity index (χ0v) is 16.4. The molecule has 1 aromatic heterocycles. The average molecular weight is 382 g/mol. The second kappa shape index (κ2) is 8.14. The maximum absolute atomic E-state index is 13.0. The number of hydrogen-bond donors (Lipinski definition) is 1. The van der Waals surface area contributed by atoms with E-state index in [-0.39, 0.29) is 11.9 Å². The van der Waals surface area contributed by atoms with Crippen LogP contribution >= 0.6 is 0 Å². The summed E-state index contributed by atoms with van der Waals surface area (Å²) in [6.07, 6.45) is 5.04. The lowest BCUT2D eigenvalue weighted by Crippen LogP contribution is -2.33. The van der Waals surface area contributed by atoms with Gasteiger partial charge < -0.3 is 19.7 Å². The van der Waals surface area contributed by atoms with Gasteiger partial charge >= 0.3 is 0 Å². The van der Waals surface area contributed by atoms with Crippen molar-refractivity contribution in [1.29, 1.82) is 0 Å². The van der Waals surface area contributed by atoms with Crippen LogP contribution < -0.4 is 14.8 Å². The molecule has 0 saturated carbocycles. The normalized spacial score (nSPS) is 18.6. The Hall–Kier alpha value is -2.67. The molecule has 28 heavy (non-hydrogen) atoms. The lowest BCUT2D eigenvalue weighted by atomic mass is 10.1. The maximum atomic E-state index is 13.0. The summed E-state index contributed by atoms with van der Waals surface area (Å²) in [5.74, 6) is 2.17. The van der Waals surface area contributed by atoms with Gasteiger partial charge in [-0.15, -0.1) is 0 Å². The van der Waals surface area contributed by atoms with Gasteiger partial charge in [-0.05, 0) is 30.5 Å². The van der Waals surface area contributed by atoms with E-state index in [1.165, 1.54) is 0 Å². The minimum Gasteiger partial charge on any atom is -0.493 e. The molecule has 0 unspecified atom stereocenters. The van der Waals surface area contributed by atoms with Gasteiger partial charge in [0.05, 0.1) is 26.7 Å². The molecule has 3 heterocycles. The van der Waals surface area contributed by atoms with Crippen LogP contribution in [0.5, 0.6) is 11.5 Å². The predicted octanol–water partition coefficient (Wildman–Crippen LogP) is 2.05. The van der Waals surface area contributed by atoms with Crippen molar-refractivity contribution in [1.82, 2.24) is 20.2 Å². The van der Waals surface area contributed by atoms with Crippen molar-refractivity contribution in [3.05, 3.63) is 47.0 Å². The molecule has 2 aliphatic heterocycles. The standard InChI is InChI=1S/C21H26N4O3/c1-27-18-6-5-14(10-19(18)28-2)11-20(26)25-9-3-4-17(25)21-23-13-15-12-22-8-7-16(15)24-21/h5-6,10,13,17,22H,3-4,7-9,11-12H2,1-2H3/t17-/m0/s1. The molecule has 1 atom stereocenters. The first-order valence-corrected chi connectivity index (χ1v) is 9.75. The highest BCUT2D eigenvalue weighted by atomic mass is 16.5. The Kier molecular flexibility index (Phi) is 5.43. The number of amides is 1. The van der Waals surface area contributed by atoms with E-state index in [1.54, 1.807) is 14.2 Å². The second-order valence-corrected chi connectivity index (χ2v) is 7.24. The minimum atomic E-state index is -0.0344. The van der Waals surface area contributed by atoms with Gasteiger partial charge in [0.2, 0.25) is 5.91 Å². The fraction of sp³-hybridized carbons (Fsp3) is 0.476. The zero-order chi connectivity index (χ0) is 19.5. The molecule has 7 nitrogen and oxygen atoms in total. The summed E-state index contributed by atoms with van der Waals surface area (Å²) in [5.41, 5.74) is 3.19. The smallest absolute Gasteiger partial charge is 0.227 e. The number of carbonyl (C=O) groups excluding carboxylic acids is 1. The monoisotopic (exact) mass is 382 g/mol. The number of rotatable bonds is 5. The lowest BCUT2D eigenvalue weighted by Gasteiger charge is -2.25. The summed E-state index contributed by atoms with van der Waals surface area (Å²) in [6.45, 7) is 2.51. The van der Waals surface area contributed by atoms with E-state index >= 15 is 0 Å². The van der Waals surface area contributed by atoms with Crippen LogP contribution in [-0.4, -0.2) is 48.1 Å². The highest BCUT2D eigenvalue weighted by Crippen LogP contribution is 2.32. The van der Waals surface area contributed by atoms with Crippen LogP contribution in [0, 0.1) is 0 Å². The molecule has 0 aliphatic carbocycles. The summed E-state index contributed by atoms with van der Waals surface area (Å²) < 4.78 is 10.6. The van der Waals surface area contributed by atoms with Gasteiger partial charge in [-0.25, -0.2) is 9.97 Å². The van der Waals surface area contributed by atoms with Crippen molar-refractivity contribution < 1.29 is 14.3 Å². The van der Waals surface area contributed by atoms with Crippen LogP contribution in [0.1, 0.15) is 41.5 Å². The molecular weight excluding hydrogens is 356 g/mol. The molecule has 2 aromatic rings. The van der Waals surface area contributed by atoms with E-state index in [0.717, 1.165) is 61.5 Å². The number of hydrogen-bond acceptors (Lipinski definition) is 6. The third-order valence-corrected chi connectivity index (χ3v) is 5.50. The maximum Gasteiger partial charge on any atom is 0.227 e. The number of nitrogens with one attached hydrogen (secondary N) is 1. The number of fused-ring (bicyclic) bond motifs is 1. The molecule has 1 saturated heterocycles. The van der Waals surface area contributed by atoms with Crippen molar-refractivity contribution in [2.45, 2.75) is 38.3 Å². The molecule has 7 heteroatoms. The number of benzene rings is 1. The molecule has 148 valence electrons. The van der Waals surface area contributed by atoms with Crippen molar-refractivity contribution in [2.24, 2.45) is 0 Å². The van der Waals surface area contributed by atoms with E-state index in [9.17, 15) is 4.79 Å². The van der Waals surface area contributed by atoms with Crippen LogP contribution in [0.15, 0.2) is 24.4 Å². The summed E-state index contributed by atoms with van der Waals surface area (Å²) >= 11 is 0. The van der Waals surface area contributed by atoms with Crippen molar-refractivity contribution in [2.75, 3.05) is 27.3 Å². The number of ether oxygens (including phenoxy) is 2. The Bertz CT molecular complexity index is 871. The molecule has 0 radical (unpaired) electrons. The van der Waals surface area contributed by atoms with Crippen molar-refractivity contribution in [3.63, 3.8) is 0 Å². The highest BCUT2D eigenvalue weighted by Gasteiger charge is 2.32. The topological polar surface area (TPSA) is 76.6 Å². The zero-order valence-electron chi connectivity index (χ0n) is 16.4. The number of aromatic nitrogens is 2. The molecule has 2 aliphatic rings. The molecule has 0 bridgehead atoms. The predicted molar refractivity (Wildman–Crippen MR) is 104 cm³/mol. The summed E-state index contributed by atoms with van der Waals surface area (Å²) in [7, 11) is 3.20. The third-order valence-electron chi connectivity index (χ3n) is 5.50. The van der Waals surface area contributed by atoms with E-state index in [2.05, 4.69) is 10.3 Å². The quantitative estimate of drug-likeness (QED) is 0.853. The highest BCUT2D eigenvalue weighted by molar-refractivity contribution is 5.79. The molecule has 1 aromatic carbocycles. The van der Waals surface area contributed by atoms with Crippen LogP contribution in [-0.2, 0) is 24.2 Å². The lowest BCUT2D eigenvalue weighted by molar-refractivity contribution is -0.131. The van der Waals surface area contributed by atoms with Crippen LogP contribution in [0.2, 0.25) is 0 Å². The van der Waals surface area contributed by atoms with Gasteiger partial charge in [-0.1, -0.05) is 6.07 Å². The largest absolute Gasteiger partial charge is 0.493 e. The summed E-state index contributed by atoms with van der Waals surface area (Å²) in [6, 6.07) is 5.58. The number of nitrogens with zero attached hydrogens (tertiary/aromatic N) is 3. The van der Waals surface area contributed by atoms with E-state index < -0.39 is 0 Å². The SMILES string of the molecule is COc1ccc(CC(=O)N2CCC[C@H]2c2ncc3c(n2)CCNC3)cc1OC. The number of likely N-dealkylation sites (tertiary alicyclic amines) is 1. The second-order valence-electron chi connectivity index (χ2n) is 7.24. The van der Waals surface area contributed by atoms with Gasteiger partial charge in [0.1, 0.15) is 0 Å². The van der Waals surface area contributed by atoms with Crippen LogP contribution in [0.4, 0.5) is 0 Å². The Balaban J connectivity index is 1.51. The first kappa shape index (κ1) is 18.7.